The molecule has 0 spiro atoms. The molecule has 8 heteroatoms. The van der Waals surface area contributed by atoms with Crippen LogP contribution in [-0.4, -0.2) is 34.2 Å². The van der Waals surface area contributed by atoms with Crippen molar-refractivity contribution in [3.63, 3.8) is 0 Å². The molecule has 92 valence electrons. The summed E-state index contributed by atoms with van der Waals surface area (Å²) in [5.74, 6) is -2.27. The van der Waals surface area contributed by atoms with Crippen LogP contribution < -0.4 is 11.5 Å². The Labute approximate surface area is 99.8 Å². The molecule has 6 N–H and O–H groups in total. The van der Waals surface area contributed by atoms with Gasteiger partial charge < -0.3 is 21.7 Å². The van der Waals surface area contributed by atoms with Gasteiger partial charge in [0.25, 0.3) is 0 Å². The molecule has 1 atom stereocenters. The molecule has 0 aromatic heterocycles. The Bertz CT molecular complexity index is 215. The number of carbonyl (C=O) groups is 2. The Balaban J connectivity index is -0.000000720. The highest BCUT2D eigenvalue weighted by atomic mass is 35.5. The van der Waals surface area contributed by atoms with Gasteiger partial charge in [0.2, 0.25) is 0 Å². The van der Waals surface area contributed by atoms with E-state index in [0.717, 1.165) is 0 Å². The molecule has 0 aliphatic heterocycles. The average Bonchev–Trinajstić information content (AvgIpc) is 2.01. The number of halogens is 2. The SMILES string of the molecule is Cl.Cl.NCCC(N)(CCC(=O)O)C(=O)O. The summed E-state index contributed by atoms with van der Waals surface area (Å²) in [4.78, 5) is 20.8. The van der Waals surface area contributed by atoms with E-state index in [1.807, 2.05) is 0 Å². The standard InChI is InChI=1S/C7H14N2O4.2ClH/c8-4-3-7(9,6(12)13)2-1-5(10)11;;/h1-4,8-9H2,(H,10,11)(H,12,13);2*1H. The second-order valence-corrected chi connectivity index (χ2v) is 2.89. The lowest BCUT2D eigenvalue weighted by molar-refractivity contribution is -0.144. The normalized spacial score (nSPS) is 12.9. The van der Waals surface area contributed by atoms with Crippen LogP contribution in [0.4, 0.5) is 0 Å². The van der Waals surface area contributed by atoms with E-state index in [4.69, 9.17) is 21.7 Å². The minimum atomic E-state index is -1.51. The summed E-state index contributed by atoms with van der Waals surface area (Å²) in [5, 5.41) is 17.1. The number of hydrogen-bond acceptors (Lipinski definition) is 4. The van der Waals surface area contributed by atoms with E-state index in [9.17, 15) is 9.59 Å². The van der Waals surface area contributed by atoms with E-state index in [1.54, 1.807) is 0 Å². The van der Waals surface area contributed by atoms with Crippen molar-refractivity contribution in [1.82, 2.24) is 0 Å². The largest absolute Gasteiger partial charge is 0.481 e. The maximum atomic E-state index is 10.7. The van der Waals surface area contributed by atoms with Crippen LogP contribution in [0.15, 0.2) is 0 Å². The van der Waals surface area contributed by atoms with Crippen LogP contribution in [0.1, 0.15) is 19.3 Å². The topological polar surface area (TPSA) is 127 Å². The summed E-state index contributed by atoms with van der Waals surface area (Å²) in [5.41, 5.74) is 9.12. The molecular weight excluding hydrogens is 247 g/mol. The van der Waals surface area contributed by atoms with Gasteiger partial charge in [0.05, 0.1) is 0 Å². The minimum Gasteiger partial charge on any atom is -0.481 e. The van der Waals surface area contributed by atoms with Gasteiger partial charge in [-0.2, -0.15) is 0 Å². The fraction of sp³-hybridized carbons (Fsp3) is 0.714. The molecule has 0 bridgehead atoms. The van der Waals surface area contributed by atoms with Gasteiger partial charge in [-0.15, -0.1) is 24.8 Å². The third-order valence-corrected chi connectivity index (χ3v) is 1.80. The Hall–Kier alpha value is -0.560. The van der Waals surface area contributed by atoms with Crippen LogP contribution >= 0.6 is 24.8 Å². The molecule has 0 heterocycles. The minimum absolute atomic E-state index is 0. The monoisotopic (exact) mass is 262 g/mol. The first-order valence-corrected chi connectivity index (χ1v) is 3.86. The van der Waals surface area contributed by atoms with E-state index in [0.29, 0.717) is 0 Å². The van der Waals surface area contributed by atoms with E-state index < -0.39 is 17.5 Å². The van der Waals surface area contributed by atoms with Crippen LogP contribution in [0.3, 0.4) is 0 Å². The van der Waals surface area contributed by atoms with Crippen LogP contribution in [0, 0.1) is 0 Å². The zero-order chi connectivity index (χ0) is 10.5. The molecule has 0 radical (unpaired) electrons. The molecule has 0 aliphatic carbocycles. The lowest BCUT2D eigenvalue weighted by Crippen LogP contribution is -2.49. The maximum absolute atomic E-state index is 10.7. The van der Waals surface area contributed by atoms with Gasteiger partial charge in [-0.25, -0.2) is 0 Å². The average molecular weight is 263 g/mol. The molecular formula is C7H16Cl2N2O4. The van der Waals surface area contributed by atoms with Crippen LogP contribution in [-0.2, 0) is 9.59 Å². The summed E-state index contributed by atoms with van der Waals surface area (Å²) >= 11 is 0. The number of hydrogen-bond donors (Lipinski definition) is 4. The molecule has 0 fully saturated rings. The van der Waals surface area contributed by atoms with Crippen molar-refractivity contribution in [2.24, 2.45) is 11.5 Å². The van der Waals surface area contributed by atoms with Gasteiger partial charge in [0.15, 0.2) is 0 Å². The Morgan fingerprint density at radius 3 is 1.87 bits per heavy atom. The highest BCUT2D eigenvalue weighted by Gasteiger charge is 2.33. The van der Waals surface area contributed by atoms with E-state index >= 15 is 0 Å². The fourth-order valence-corrected chi connectivity index (χ4v) is 0.926. The van der Waals surface area contributed by atoms with Gasteiger partial charge in [-0.05, 0) is 19.4 Å². The number of rotatable bonds is 6. The maximum Gasteiger partial charge on any atom is 0.323 e. The van der Waals surface area contributed by atoms with Gasteiger partial charge in [0, 0.05) is 6.42 Å². The third kappa shape index (κ3) is 7.38. The molecule has 0 aromatic carbocycles. The van der Waals surface area contributed by atoms with E-state index in [2.05, 4.69) is 0 Å². The Morgan fingerprint density at radius 1 is 1.13 bits per heavy atom. The summed E-state index contributed by atoms with van der Waals surface area (Å²) in [7, 11) is 0. The number of carboxylic acid groups (broad SMARTS) is 2. The van der Waals surface area contributed by atoms with Gasteiger partial charge in [0.1, 0.15) is 5.54 Å². The molecule has 6 nitrogen and oxygen atoms in total. The summed E-state index contributed by atoms with van der Waals surface area (Å²) < 4.78 is 0. The molecule has 0 aliphatic rings. The molecule has 0 saturated heterocycles. The zero-order valence-corrected chi connectivity index (χ0v) is 9.64. The first-order valence-electron chi connectivity index (χ1n) is 3.86. The molecule has 1 unspecified atom stereocenters. The predicted molar refractivity (Wildman–Crippen MR) is 59.6 cm³/mol. The summed E-state index contributed by atoms with van der Waals surface area (Å²) in [6, 6.07) is 0. The summed E-state index contributed by atoms with van der Waals surface area (Å²) in [6.07, 6.45) is -0.284. The molecule has 0 saturated carbocycles. The number of aliphatic carboxylic acids is 2. The molecule has 0 aromatic rings. The lowest BCUT2D eigenvalue weighted by Gasteiger charge is -2.22. The van der Waals surface area contributed by atoms with E-state index in [-0.39, 0.29) is 50.6 Å². The van der Waals surface area contributed by atoms with Crippen LogP contribution in [0.5, 0.6) is 0 Å². The first kappa shape index (κ1) is 19.9. The third-order valence-electron chi connectivity index (χ3n) is 1.80. The second kappa shape index (κ2) is 8.72. The number of nitrogens with two attached hydrogens (primary N) is 2. The highest BCUT2D eigenvalue weighted by molar-refractivity contribution is 5.85. The fourth-order valence-electron chi connectivity index (χ4n) is 0.926. The van der Waals surface area contributed by atoms with Crippen molar-refractivity contribution >= 4 is 36.8 Å². The van der Waals surface area contributed by atoms with Crippen molar-refractivity contribution < 1.29 is 19.8 Å². The van der Waals surface area contributed by atoms with Crippen molar-refractivity contribution in [3.8, 4) is 0 Å². The smallest absolute Gasteiger partial charge is 0.323 e. The quantitative estimate of drug-likeness (QED) is 0.526. The van der Waals surface area contributed by atoms with Crippen molar-refractivity contribution in [2.45, 2.75) is 24.8 Å². The number of carboxylic acids is 2. The Morgan fingerprint density at radius 2 is 1.60 bits per heavy atom. The zero-order valence-electron chi connectivity index (χ0n) is 8.01. The second-order valence-electron chi connectivity index (χ2n) is 2.89. The highest BCUT2D eigenvalue weighted by Crippen LogP contribution is 2.13. The van der Waals surface area contributed by atoms with Gasteiger partial charge >= 0.3 is 11.9 Å². The molecule has 0 rings (SSSR count). The summed E-state index contributed by atoms with van der Waals surface area (Å²) in [6.45, 7) is 0.127. The van der Waals surface area contributed by atoms with Gasteiger partial charge in [-0.1, -0.05) is 0 Å². The van der Waals surface area contributed by atoms with Crippen molar-refractivity contribution in [3.05, 3.63) is 0 Å². The van der Waals surface area contributed by atoms with E-state index in [1.165, 1.54) is 0 Å². The molecule has 0 amide bonds. The van der Waals surface area contributed by atoms with Crippen LogP contribution in [0.25, 0.3) is 0 Å². The molecule has 15 heavy (non-hydrogen) atoms. The van der Waals surface area contributed by atoms with Crippen molar-refractivity contribution in [2.75, 3.05) is 6.54 Å². The van der Waals surface area contributed by atoms with Crippen molar-refractivity contribution in [1.29, 1.82) is 0 Å². The lowest BCUT2D eigenvalue weighted by atomic mass is 9.91. The predicted octanol–water partition coefficient (Wildman–Crippen LogP) is -0.174. The first-order chi connectivity index (χ1) is 5.92. The van der Waals surface area contributed by atoms with Crippen LogP contribution in [0.2, 0.25) is 0 Å². The Kier molecular flexibility index (Phi) is 11.6. The van der Waals surface area contributed by atoms with Gasteiger partial charge in [-0.3, -0.25) is 9.59 Å².